The van der Waals surface area contributed by atoms with E-state index in [1.807, 2.05) is 0 Å². The Morgan fingerprint density at radius 3 is 2.24 bits per heavy atom. The molecule has 0 saturated carbocycles. The minimum Gasteiger partial charge on any atom is -0.383 e. The van der Waals surface area contributed by atoms with Crippen molar-refractivity contribution in [1.82, 2.24) is 14.5 Å². The maximum absolute atomic E-state index is 13.8. The molecule has 1 fully saturated rings. The molecule has 0 aliphatic carbocycles. The summed E-state index contributed by atoms with van der Waals surface area (Å²) in [4.78, 5) is 25.2. The zero-order valence-corrected chi connectivity index (χ0v) is 21.1. The molecule has 0 spiro atoms. The highest BCUT2D eigenvalue weighted by Gasteiger charge is 2.35. The van der Waals surface area contributed by atoms with E-state index in [2.05, 4.69) is 19.6 Å². The predicted molar refractivity (Wildman–Crippen MR) is 142 cm³/mol. The predicted octanol–water partition coefficient (Wildman–Crippen LogP) is 4.69. The minimum atomic E-state index is -0.325. The number of benzene rings is 2. The summed E-state index contributed by atoms with van der Waals surface area (Å²) in [5.41, 5.74) is 3.53. The number of pyridine rings is 2. The van der Waals surface area contributed by atoms with Crippen LogP contribution in [0.1, 0.15) is 17.2 Å². The molecular weight excluding hydrogens is 488 g/mol. The van der Waals surface area contributed by atoms with Gasteiger partial charge in [-0.05, 0) is 47.5 Å². The second kappa shape index (κ2) is 10.7. The molecule has 0 bridgehead atoms. The fourth-order valence-corrected chi connectivity index (χ4v) is 5.24. The van der Waals surface area contributed by atoms with Gasteiger partial charge >= 0.3 is 0 Å². The molecule has 38 heavy (non-hydrogen) atoms. The number of aryl methyl sites for hydroxylation is 1. The Morgan fingerprint density at radius 1 is 1.03 bits per heavy atom. The summed E-state index contributed by atoms with van der Waals surface area (Å²) in [7, 11) is 3.33. The largest absolute Gasteiger partial charge is 0.383 e. The number of aromatic nitrogens is 2. The van der Waals surface area contributed by atoms with E-state index in [-0.39, 0.29) is 35.1 Å². The van der Waals surface area contributed by atoms with Crippen molar-refractivity contribution < 1.29 is 13.5 Å². The van der Waals surface area contributed by atoms with Gasteiger partial charge in [0.1, 0.15) is 11.6 Å². The van der Waals surface area contributed by atoms with Gasteiger partial charge < -0.3 is 19.0 Å². The van der Waals surface area contributed by atoms with Gasteiger partial charge in [-0.3, -0.25) is 9.69 Å². The number of nitrogens with zero attached hydrogens (tertiary/aromatic N) is 5. The van der Waals surface area contributed by atoms with Gasteiger partial charge in [0.25, 0.3) is 11.4 Å². The third-order valence-electron chi connectivity index (χ3n) is 7.10. The van der Waals surface area contributed by atoms with Crippen LogP contribution >= 0.6 is 0 Å². The summed E-state index contributed by atoms with van der Waals surface area (Å²) in [6.07, 6.45) is 0. The Bertz CT molecular complexity index is 1500. The molecular formula is C29H27F2N5O2. The van der Waals surface area contributed by atoms with E-state index in [0.717, 1.165) is 11.1 Å². The molecule has 9 heteroatoms. The van der Waals surface area contributed by atoms with Crippen LogP contribution in [0.3, 0.4) is 0 Å². The molecule has 2 aromatic heterocycles. The Morgan fingerprint density at radius 2 is 1.66 bits per heavy atom. The summed E-state index contributed by atoms with van der Waals surface area (Å²) in [5.74, 6) is -0.389. The number of halogens is 2. The van der Waals surface area contributed by atoms with Crippen LogP contribution in [0.5, 0.6) is 0 Å². The summed E-state index contributed by atoms with van der Waals surface area (Å²) in [6, 6.07) is 17.3. The van der Waals surface area contributed by atoms with E-state index in [9.17, 15) is 13.6 Å². The second-order valence-corrected chi connectivity index (χ2v) is 9.37. The quantitative estimate of drug-likeness (QED) is 0.349. The molecule has 1 saturated heterocycles. The third-order valence-corrected chi connectivity index (χ3v) is 7.10. The van der Waals surface area contributed by atoms with Crippen molar-refractivity contribution in [2.45, 2.75) is 12.1 Å². The first-order chi connectivity index (χ1) is 18.4. The smallest absolute Gasteiger partial charge is 0.270 e. The summed E-state index contributed by atoms with van der Waals surface area (Å²) < 4.78 is 34.7. The van der Waals surface area contributed by atoms with Gasteiger partial charge in [-0.25, -0.2) is 8.78 Å². The molecule has 0 radical (unpaired) electrons. The fourth-order valence-electron chi connectivity index (χ4n) is 5.24. The van der Waals surface area contributed by atoms with Crippen LogP contribution in [0, 0.1) is 18.2 Å². The molecule has 2 aromatic carbocycles. The molecule has 5 rings (SSSR count). The summed E-state index contributed by atoms with van der Waals surface area (Å²) >= 11 is 0. The molecule has 194 valence electrons. The molecule has 3 heterocycles. The first kappa shape index (κ1) is 25.5. The normalized spacial score (nSPS) is 16.2. The van der Waals surface area contributed by atoms with Crippen LogP contribution in [0.25, 0.3) is 15.9 Å². The Hall–Kier alpha value is -4.13. The lowest BCUT2D eigenvalue weighted by atomic mass is 9.94. The highest BCUT2D eigenvalue weighted by molar-refractivity contribution is 5.89. The summed E-state index contributed by atoms with van der Waals surface area (Å²) in [6.45, 7) is 9.48. The van der Waals surface area contributed by atoms with Crippen molar-refractivity contribution in [2.75, 3.05) is 38.3 Å². The highest BCUT2D eigenvalue weighted by atomic mass is 19.1. The second-order valence-electron chi connectivity index (χ2n) is 9.37. The van der Waals surface area contributed by atoms with Gasteiger partial charge in [0.15, 0.2) is 0 Å². The van der Waals surface area contributed by atoms with E-state index in [4.69, 9.17) is 11.3 Å². The number of hydrogen-bond acceptors (Lipinski definition) is 5. The highest BCUT2D eigenvalue weighted by Crippen LogP contribution is 2.34. The fraction of sp³-hybridized carbons (Fsp3) is 0.276. The van der Waals surface area contributed by atoms with Gasteiger partial charge in [0.05, 0.1) is 29.9 Å². The summed E-state index contributed by atoms with van der Waals surface area (Å²) in [5, 5.41) is 0. The molecule has 1 aliphatic rings. The lowest BCUT2D eigenvalue weighted by molar-refractivity contribution is 0.0624. The maximum Gasteiger partial charge on any atom is 0.270 e. The molecule has 0 N–H and O–H groups in total. The zero-order valence-electron chi connectivity index (χ0n) is 21.1. The minimum absolute atomic E-state index is 0.114. The van der Waals surface area contributed by atoms with Crippen LogP contribution in [0.2, 0.25) is 0 Å². The van der Waals surface area contributed by atoms with Crippen molar-refractivity contribution in [3.8, 4) is 0 Å². The van der Waals surface area contributed by atoms with Crippen LogP contribution in [-0.2, 0) is 11.8 Å². The molecule has 1 aliphatic heterocycles. The number of methoxy groups -OCH3 is 1. The van der Waals surface area contributed by atoms with Gasteiger partial charge in [0.2, 0.25) is 5.52 Å². The van der Waals surface area contributed by atoms with Gasteiger partial charge in [0, 0.05) is 39.9 Å². The van der Waals surface area contributed by atoms with Gasteiger partial charge in [-0.1, -0.05) is 30.8 Å². The van der Waals surface area contributed by atoms with Crippen molar-refractivity contribution in [3.63, 3.8) is 0 Å². The molecule has 1 unspecified atom stereocenters. The van der Waals surface area contributed by atoms with Crippen molar-refractivity contribution in [3.05, 3.63) is 111 Å². The lowest BCUT2D eigenvalue weighted by Crippen LogP contribution is -2.56. The van der Waals surface area contributed by atoms with Gasteiger partial charge in [-0.2, -0.15) is 0 Å². The van der Waals surface area contributed by atoms with Crippen molar-refractivity contribution >= 4 is 22.5 Å². The maximum atomic E-state index is 13.8. The average Bonchev–Trinajstić information content (AvgIpc) is 2.93. The Kier molecular flexibility index (Phi) is 7.18. The van der Waals surface area contributed by atoms with Crippen LogP contribution < -0.4 is 10.5 Å². The van der Waals surface area contributed by atoms with E-state index in [1.54, 1.807) is 56.6 Å². The number of hydrogen-bond donors (Lipinski definition) is 0. The van der Waals surface area contributed by atoms with E-state index < -0.39 is 0 Å². The molecule has 0 amide bonds. The number of piperazine rings is 1. The van der Waals surface area contributed by atoms with Crippen LogP contribution in [-0.4, -0.2) is 53.8 Å². The molecule has 7 nitrogen and oxygen atoms in total. The van der Waals surface area contributed by atoms with E-state index >= 15 is 0 Å². The number of ether oxygens (including phenoxy) is 1. The first-order valence-electron chi connectivity index (χ1n) is 12.3. The molecule has 4 aromatic rings. The lowest BCUT2D eigenvalue weighted by Gasteiger charge is -2.46. The Labute approximate surface area is 219 Å². The third kappa shape index (κ3) is 4.88. The van der Waals surface area contributed by atoms with Crippen LogP contribution in [0.15, 0.2) is 71.5 Å². The van der Waals surface area contributed by atoms with Gasteiger partial charge in [-0.15, -0.1) is 4.98 Å². The number of anilines is 1. The monoisotopic (exact) mass is 515 g/mol. The zero-order chi connectivity index (χ0) is 26.8. The average molecular weight is 516 g/mol. The topological polar surface area (TPSA) is 55.0 Å². The van der Waals surface area contributed by atoms with Crippen LogP contribution in [0.4, 0.5) is 20.3 Å². The standard InChI is InChI=1S/C29H27F2N5O2/c1-32-26-13-12-24-28(33-26)25(16-27(37)34(24)2)35-14-15-36(23(17-35)18-38-3)29(19-4-8-21(30)9-5-19)20-6-10-22(31)11-7-20/h4-13,16,23,29H,14-15,17-18H2,2-3H3. The Balaban J connectivity index is 1.55. The number of rotatable bonds is 6. The van der Waals surface area contributed by atoms with Crippen molar-refractivity contribution in [1.29, 1.82) is 0 Å². The van der Waals surface area contributed by atoms with Crippen molar-refractivity contribution in [2.24, 2.45) is 7.05 Å². The molecule has 1 atom stereocenters. The number of fused-ring (bicyclic) bond motifs is 1. The van der Waals surface area contributed by atoms with E-state index in [1.165, 1.54) is 28.8 Å². The SMILES string of the molecule is [C-]#[N+]c1ccc2c(n1)c(N1CCN(C(c3ccc(F)cc3)c3ccc(F)cc3)C(COC)C1)cc(=O)n2C. The van der Waals surface area contributed by atoms with E-state index in [0.29, 0.717) is 43.0 Å². The first-order valence-corrected chi connectivity index (χ1v) is 12.3.